The number of ether oxygens (including phenoxy) is 2. The highest BCUT2D eigenvalue weighted by Gasteiger charge is 2.50. The summed E-state index contributed by atoms with van der Waals surface area (Å²) in [5.74, 6) is 0.251. The first-order valence-corrected chi connectivity index (χ1v) is 10.7. The predicted octanol–water partition coefficient (Wildman–Crippen LogP) is 3.24. The first-order chi connectivity index (χ1) is 13.3. The second-order valence-corrected chi connectivity index (χ2v) is 9.01. The normalized spacial score (nSPS) is 26.5. The molecule has 2 aliphatic heterocycles. The van der Waals surface area contributed by atoms with Gasteiger partial charge in [0.1, 0.15) is 0 Å². The minimum Gasteiger partial charge on any atom is -0.377 e. The fraction of sp³-hybridized carbons (Fsp3) is 0.696. The first-order valence-electron chi connectivity index (χ1n) is 10.7. The SMILES string of the molecule is CC(C)OCCN1CCN(C2(C(=O)c3ccccc3)CCOC(C)(C)C2)CC1. The molecule has 1 unspecified atom stereocenters. The van der Waals surface area contributed by atoms with Gasteiger partial charge in [0.05, 0.1) is 23.9 Å². The topological polar surface area (TPSA) is 42.0 Å². The summed E-state index contributed by atoms with van der Waals surface area (Å²) in [5, 5.41) is 0. The van der Waals surface area contributed by atoms with E-state index < -0.39 is 5.54 Å². The third-order valence-electron chi connectivity index (χ3n) is 6.02. The second-order valence-electron chi connectivity index (χ2n) is 9.01. The van der Waals surface area contributed by atoms with Crippen LogP contribution in [-0.2, 0) is 9.47 Å². The quantitative estimate of drug-likeness (QED) is 0.671. The Morgan fingerprint density at radius 3 is 2.43 bits per heavy atom. The van der Waals surface area contributed by atoms with Crippen LogP contribution in [0.1, 0.15) is 50.9 Å². The third kappa shape index (κ3) is 5.01. The van der Waals surface area contributed by atoms with E-state index >= 15 is 0 Å². The Balaban J connectivity index is 1.73. The molecular formula is C23H36N2O3. The standard InChI is InChI=1S/C23H36N2O3/c1-19(2)27-17-15-24-11-13-25(14-12-24)23(10-16-28-22(3,4)18-23)21(26)20-8-6-5-7-9-20/h5-9,19H,10-18H2,1-4H3. The summed E-state index contributed by atoms with van der Waals surface area (Å²) in [6, 6.07) is 9.78. The summed E-state index contributed by atoms with van der Waals surface area (Å²) in [6.07, 6.45) is 1.78. The lowest BCUT2D eigenvalue weighted by molar-refractivity contribution is -0.113. The van der Waals surface area contributed by atoms with E-state index in [0.717, 1.165) is 57.7 Å². The minimum absolute atomic E-state index is 0.251. The van der Waals surface area contributed by atoms with Crippen LogP contribution in [0.2, 0.25) is 0 Å². The number of hydrogen-bond acceptors (Lipinski definition) is 5. The van der Waals surface area contributed by atoms with Crippen molar-refractivity contribution in [3.8, 4) is 0 Å². The molecule has 156 valence electrons. The lowest BCUT2D eigenvalue weighted by Gasteiger charge is -2.52. The molecule has 0 spiro atoms. The van der Waals surface area contributed by atoms with Crippen LogP contribution >= 0.6 is 0 Å². The van der Waals surface area contributed by atoms with Crippen molar-refractivity contribution in [1.29, 1.82) is 0 Å². The van der Waals surface area contributed by atoms with Gasteiger partial charge in [-0.3, -0.25) is 14.6 Å². The monoisotopic (exact) mass is 388 g/mol. The fourth-order valence-corrected chi connectivity index (χ4v) is 4.62. The van der Waals surface area contributed by atoms with E-state index in [1.54, 1.807) is 0 Å². The molecule has 5 heteroatoms. The van der Waals surface area contributed by atoms with Crippen LogP contribution < -0.4 is 0 Å². The molecule has 2 fully saturated rings. The summed E-state index contributed by atoms with van der Waals surface area (Å²) >= 11 is 0. The third-order valence-corrected chi connectivity index (χ3v) is 6.02. The Morgan fingerprint density at radius 1 is 1.14 bits per heavy atom. The largest absolute Gasteiger partial charge is 0.377 e. The number of piperazine rings is 1. The smallest absolute Gasteiger partial charge is 0.183 e. The van der Waals surface area contributed by atoms with Gasteiger partial charge in [0.2, 0.25) is 0 Å². The second kappa shape index (κ2) is 9.04. The molecule has 0 bridgehead atoms. The molecule has 0 amide bonds. The van der Waals surface area contributed by atoms with E-state index in [1.807, 2.05) is 30.3 Å². The maximum atomic E-state index is 13.7. The molecule has 1 aromatic carbocycles. The van der Waals surface area contributed by atoms with Crippen LogP contribution in [0, 0.1) is 0 Å². The zero-order valence-electron chi connectivity index (χ0n) is 17.9. The maximum Gasteiger partial charge on any atom is 0.183 e. The zero-order valence-corrected chi connectivity index (χ0v) is 17.9. The number of ketones is 1. The van der Waals surface area contributed by atoms with Crippen molar-refractivity contribution in [2.24, 2.45) is 0 Å². The Kier molecular flexibility index (Phi) is 6.92. The molecule has 1 aromatic rings. The van der Waals surface area contributed by atoms with Gasteiger partial charge in [-0.2, -0.15) is 0 Å². The maximum absolute atomic E-state index is 13.7. The van der Waals surface area contributed by atoms with Gasteiger partial charge in [0.15, 0.2) is 5.78 Å². The van der Waals surface area contributed by atoms with E-state index in [-0.39, 0.29) is 17.5 Å². The Bertz CT molecular complexity index is 639. The number of carbonyl (C=O) groups is 1. The number of Topliss-reactive ketones (excluding diaryl/α,β-unsaturated/α-hetero) is 1. The van der Waals surface area contributed by atoms with Crippen LogP contribution in [0.15, 0.2) is 30.3 Å². The number of rotatable bonds is 7. The van der Waals surface area contributed by atoms with E-state index in [2.05, 4.69) is 37.5 Å². The number of nitrogens with zero attached hydrogens (tertiary/aromatic N) is 2. The predicted molar refractivity (Wildman–Crippen MR) is 112 cm³/mol. The molecule has 5 nitrogen and oxygen atoms in total. The summed E-state index contributed by atoms with van der Waals surface area (Å²) < 4.78 is 11.7. The highest BCUT2D eigenvalue weighted by molar-refractivity contribution is 6.03. The van der Waals surface area contributed by atoms with Gasteiger partial charge in [-0.05, 0) is 34.1 Å². The van der Waals surface area contributed by atoms with E-state index in [9.17, 15) is 4.79 Å². The number of benzene rings is 1. The fourth-order valence-electron chi connectivity index (χ4n) is 4.62. The van der Waals surface area contributed by atoms with Crippen LogP contribution in [0.4, 0.5) is 0 Å². The van der Waals surface area contributed by atoms with Crippen molar-refractivity contribution in [3.05, 3.63) is 35.9 Å². The van der Waals surface area contributed by atoms with Crippen LogP contribution in [0.3, 0.4) is 0 Å². The van der Waals surface area contributed by atoms with Crippen molar-refractivity contribution in [3.63, 3.8) is 0 Å². The zero-order chi connectivity index (χ0) is 20.2. The van der Waals surface area contributed by atoms with Crippen molar-refractivity contribution >= 4 is 5.78 Å². The van der Waals surface area contributed by atoms with Crippen molar-refractivity contribution in [2.75, 3.05) is 45.9 Å². The average molecular weight is 389 g/mol. The molecule has 2 aliphatic rings. The molecule has 2 saturated heterocycles. The molecule has 0 saturated carbocycles. The van der Waals surface area contributed by atoms with Gasteiger partial charge in [-0.15, -0.1) is 0 Å². The summed E-state index contributed by atoms with van der Waals surface area (Å²) in [4.78, 5) is 18.6. The van der Waals surface area contributed by atoms with Gasteiger partial charge in [0.25, 0.3) is 0 Å². The van der Waals surface area contributed by atoms with Gasteiger partial charge >= 0.3 is 0 Å². The van der Waals surface area contributed by atoms with E-state index in [4.69, 9.17) is 9.47 Å². The van der Waals surface area contributed by atoms with Crippen molar-refractivity contribution < 1.29 is 14.3 Å². The van der Waals surface area contributed by atoms with Crippen LogP contribution in [0.5, 0.6) is 0 Å². The van der Waals surface area contributed by atoms with Gasteiger partial charge in [-0.1, -0.05) is 30.3 Å². The summed E-state index contributed by atoms with van der Waals surface area (Å²) in [6.45, 7) is 14.5. The Hall–Kier alpha value is -1.27. The highest BCUT2D eigenvalue weighted by atomic mass is 16.5. The Morgan fingerprint density at radius 2 is 1.82 bits per heavy atom. The van der Waals surface area contributed by atoms with Crippen molar-refractivity contribution in [2.45, 2.75) is 57.8 Å². The van der Waals surface area contributed by atoms with Crippen molar-refractivity contribution in [1.82, 2.24) is 9.80 Å². The van der Waals surface area contributed by atoms with E-state index in [1.165, 1.54) is 0 Å². The molecule has 28 heavy (non-hydrogen) atoms. The highest BCUT2D eigenvalue weighted by Crippen LogP contribution is 2.39. The number of carbonyl (C=O) groups excluding carboxylic acids is 1. The van der Waals surface area contributed by atoms with Gasteiger partial charge < -0.3 is 9.47 Å². The average Bonchev–Trinajstić information content (AvgIpc) is 2.67. The lowest BCUT2D eigenvalue weighted by Crippen LogP contribution is -2.65. The van der Waals surface area contributed by atoms with Crippen LogP contribution in [0.25, 0.3) is 0 Å². The minimum atomic E-state index is -0.469. The molecule has 0 aromatic heterocycles. The molecule has 0 N–H and O–H groups in total. The molecule has 3 rings (SSSR count). The number of hydrogen-bond donors (Lipinski definition) is 0. The van der Waals surface area contributed by atoms with Gasteiger partial charge in [-0.25, -0.2) is 0 Å². The Labute approximate surface area is 170 Å². The summed E-state index contributed by atoms with van der Waals surface area (Å²) in [5.41, 5.74) is 0.0575. The first kappa shape index (κ1) is 21.4. The molecule has 0 aliphatic carbocycles. The molecule has 1 atom stereocenters. The lowest BCUT2D eigenvalue weighted by atomic mass is 9.74. The summed E-state index contributed by atoms with van der Waals surface area (Å²) in [7, 11) is 0. The van der Waals surface area contributed by atoms with Crippen LogP contribution in [-0.4, -0.2) is 78.8 Å². The van der Waals surface area contributed by atoms with E-state index in [0.29, 0.717) is 6.61 Å². The van der Waals surface area contributed by atoms with Gasteiger partial charge in [0, 0.05) is 51.3 Å². The molecule has 2 heterocycles. The molecule has 0 radical (unpaired) electrons. The molecular weight excluding hydrogens is 352 g/mol.